The molecule has 1 aliphatic heterocycles. The Kier molecular flexibility index (Phi) is 4.11. The van der Waals surface area contributed by atoms with E-state index in [9.17, 15) is 4.79 Å². The van der Waals surface area contributed by atoms with Gasteiger partial charge in [0.1, 0.15) is 11.9 Å². The first-order valence-electron chi connectivity index (χ1n) is 7.41. The van der Waals surface area contributed by atoms with Gasteiger partial charge in [-0.25, -0.2) is 4.79 Å². The van der Waals surface area contributed by atoms with Crippen molar-refractivity contribution in [3.63, 3.8) is 0 Å². The molecule has 1 unspecified atom stereocenters. The molecule has 2 aromatic carbocycles. The van der Waals surface area contributed by atoms with Crippen molar-refractivity contribution in [2.75, 3.05) is 6.54 Å². The van der Waals surface area contributed by atoms with E-state index in [2.05, 4.69) is 17.9 Å². The van der Waals surface area contributed by atoms with Gasteiger partial charge in [-0.05, 0) is 30.7 Å². The largest absolute Gasteiger partial charge is 0.489 e. The van der Waals surface area contributed by atoms with Crippen molar-refractivity contribution < 1.29 is 14.6 Å². The molecule has 114 valence electrons. The van der Waals surface area contributed by atoms with Gasteiger partial charge in [-0.2, -0.15) is 0 Å². The first-order chi connectivity index (χ1) is 10.6. The fourth-order valence-corrected chi connectivity index (χ4v) is 2.85. The maximum absolute atomic E-state index is 11.1. The number of hydrogen-bond donors (Lipinski definition) is 1. The van der Waals surface area contributed by atoms with Gasteiger partial charge < -0.3 is 9.84 Å². The smallest absolute Gasteiger partial charge is 0.335 e. The summed E-state index contributed by atoms with van der Waals surface area (Å²) in [5, 5.41) is 9.10. The first kappa shape index (κ1) is 14.6. The van der Waals surface area contributed by atoms with Crippen LogP contribution in [0.15, 0.2) is 48.5 Å². The zero-order chi connectivity index (χ0) is 15.5. The number of aromatic carboxylic acids is 1. The topological polar surface area (TPSA) is 49.8 Å². The van der Waals surface area contributed by atoms with E-state index in [1.807, 2.05) is 24.3 Å². The Morgan fingerprint density at radius 1 is 1.27 bits per heavy atom. The predicted octanol–water partition coefficient (Wildman–Crippen LogP) is 3.17. The Labute approximate surface area is 130 Å². The lowest BCUT2D eigenvalue weighted by atomic mass is 10.1. The number of nitrogens with zero attached hydrogens (tertiary/aromatic N) is 1. The molecule has 4 nitrogen and oxygen atoms in total. The van der Waals surface area contributed by atoms with Crippen molar-refractivity contribution >= 4 is 5.97 Å². The van der Waals surface area contributed by atoms with Gasteiger partial charge in [-0.15, -0.1) is 0 Å². The molecule has 1 N–H and O–H groups in total. The molecule has 0 bridgehead atoms. The van der Waals surface area contributed by atoms with Crippen LogP contribution in [0.5, 0.6) is 5.75 Å². The Morgan fingerprint density at radius 2 is 2.09 bits per heavy atom. The van der Waals surface area contributed by atoms with Crippen LogP contribution in [0.1, 0.15) is 28.4 Å². The second-order valence-electron chi connectivity index (χ2n) is 5.71. The van der Waals surface area contributed by atoms with Crippen LogP contribution in [0, 0.1) is 0 Å². The highest BCUT2D eigenvalue weighted by atomic mass is 16.5. The lowest BCUT2D eigenvalue weighted by molar-refractivity contribution is 0.0696. The van der Waals surface area contributed by atoms with Crippen molar-refractivity contribution in [3.8, 4) is 5.75 Å². The molecule has 0 amide bonds. The molecule has 4 heteroatoms. The number of para-hydroxylation sites is 1. The lowest BCUT2D eigenvalue weighted by Gasteiger charge is -2.22. The van der Waals surface area contributed by atoms with Crippen molar-refractivity contribution in [2.24, 2.45) is 0 Å². The van der Waals surface area contributed by atoms with Gasteiger partial charge in [0.05, 0.1) is 5.56 Å². The van der Waals surface area contributed by atoms with E-state index >= 15 is 0 Å². The molecular formula is C18H19NO3. The number of hydrogen-bond acceptors (Lipinski definition) is 3. The molecule has 1 heterocycles. The zero-order valence-electron chi connectivity index (χ0n) is 12.5. The van der Waals surface area contributed by atoms with Gasteiger partial charge in [0.2, 0.25) is 0 Å². The van der Waals surface area contributed by atoms with Crippen molar-refractivity contribution in [1.29, 1.82) is 0 Å². The summed E-state index contributed by atoms with van der Waals surface area (Å²) in [6.07, 6.45) is 0.103. The van der Waals surface area contributed by atoms with Gasteiger partial charge in [0.25, 0.3) is 0 Å². The average Bonchev–Trinajstić information content (AvgIpc) is 2.64. The Hall–Kier alpha value is -2.33. The summed E-state index contributed by atoms with van der Waals surface area (Å²) in [5.74, 6) is 0.0524. The van der Waals surface area contributed by atoms with E-state index in [1.54, 1.807) is 18.2 Å². The van der Waals surface area contributed by atoms with E-state index in [1.165, 1.54) is 5.56 Å². The lowest BCUT2D eigenvalue weighted by Crippen LogP contribution is -2.30. The Morgan fingerprint density at radius 3 is 2.91 bits per heavy atom. The van der Waals surface area contributed by atoms with Crippen LogP contribution in [-0.4, -0.2) is 28.6 Å². The van der Waals surface area contributed by atoms with Crippen molar-refractivity contribution in [1.82, 2.24) is 4.90 Å². The number of benzene rings is 2. The van der Waals surface area contributed by atoms with E-state index in [4.69, 9.17) is 9.84 Å². The number of rotatable bonds is 3. The summed E-state index contributed by atoms with van der Waals surface area (Å²) >= 11 is 0. The minimum absolute atomic E-state index is 0.103. The van der Waals surface area contributed by atoms with Crippen LogP contribution in [0.25, 0.3) is 0 Å². The highest BCUT2D eigenvalue weighted by Gasteiger charge is 2.20. The average molecular weight is 297 g/mol. The second kappa shape index (κ2) is 6.20. The summed E-state index contributed by atoms with van der Waals surface area (Å²) in [7, 11) is 0. The number of fused-ring (bicyclic) bond motifs is 1. The van der Waals surface area contributed by atoms with Crippen LogP contribution in [0.4, 0.5) is 0 Å². The van der Waals surface area contributed by atoms with Crippen LogP contribution in [0.3, 0.4) is 0 Å². The third-order valence-electron chi connectivity index (χ3n) is 3.79. The monoisotopic (exact) mass is 297 g/mol. The normalized spacial score (nSPS) is 18.1. The predicted molar refractivity (Wildman–Crippen MR) is 84.0 cm³/mol. The Bertz CT molecular complexity index is 684. The molecule has 0 saturated carbocycles. The molecule has 2 aromatic rings. The minimum Gasteiger partial charge on any atom is -0.489 e. The Balaban J connectivity index is 1.80. The van der Waals surface area contributed by atoms with Gasteiger partial charge in [-0.3, -0.25) is 4.90 Å². The maximum Gasteiger partial charge on any atom is 0.335 e. The second-order valence-corrected chi connectivity index (χ2v) is 5.71. The van der Waals surface area contributed by atoms with Crippen molar-refractivity contribution in [2.45, 2.75) is 26.1 Å². The molecule has 22 heavy (non-hydrogen) atoms. The first-order valence-corrected chi connectivity index (χ1v) is 7.41. The summed E-state index contributed by atoms with van der Waals surface area (Å²) in [4.78, 5) is 13.4. The fraction of sp³-hybridized carbons (Fsp3) is 0.278. The molecule has 0 fully saturated rings. The minimum atomic E-state index is -0.889. The third kappa shape index (κ3) is 3.28. The quantitative estimate of drug-likeness (QED) is 0.945. The number of carboxylic acids is 1. The molecule has 0 saturated heterocycles. The summed E-state index contributed by atoms with van der Waals surface area (Å²) in [6, 6.07) is 15.2. The van der Waals surface area contributed by atoms with Crippen molar-refractivity contribution in [3.05, 3.63) is 65.2 Å². The molecular weight excluding hydrogens is 278 g/mol. The number of carbonyl (C=O) groups is 1. The maximum atomic E-state index is 11.1. The summed E-state index contributed by atoms with van der Waals surface area (Å²) in [5.41, 5.74) is 2.50. The van der Waals surface area contributed by atoms with E-state index in [0.717, 1.165) is 24.4 Å². The highest BCUT2D eigenvalue weighted by molar-refractivity contribution is 5.87. The third-order valence-corrected chi connectivity index (χ3v) is 3.79. The molecule has 1 atom stereocenters. The van der Waals surface area contributed by atoms with E-state index < -0.39 is 5.97 Å². The van der Waals surface area contributed by atoms with Gasteiger partial charge in [0, 0.05) is 25.2 Å². The standard InChI is InChI=1S/C18H19NO3/c1-13-10-19(12-16-6-2-3-8-17(16)22-13)11-14-5-4-7-15(9-14)18(20)21/h2-9,13H,10-12H2,1H3,(H,20,21). The van der Waals surface area contributed by atoms with E-state index in [-0.39, 0.29) is 6.10 Å². The summed E-state index contributed by atoms with van der Waals surface area (Å²) in [6.45, 7) is 4.38. The number of carboxylic acid groups (broad SMARTS) is 1. The molecule has 0 spiro atoms. The molecule has 3 rings (SSSR count). The van der Waals surface area contributed by atoms with E-state index in [0.29, 0.717) is 12.1 Å². The fourth-order valence-electron chi connectivity index (χ4n) is 2.85. The summed E-state index contributed by atoms with van der Waals surface area (Å²) < 4.78 is 5.95. The van der Waals surface area contributed by atoms with Crippen LogP contribution in [-0.2, 0) is 13.1 Å². The van der Waals surface area contributed by atoms with Gasteiger partial charge in [0.15, 0.2) is 0 Å². The molecule has 1 aliphatic rings. The SMILES string of the molecule is CC1CN(Cc2cccc(C(=O)O)c2)Cc2ccccc2O1. The molecule has 0 aromatic heterocycles. The van der Waals surface area contributed by atoms with Crippen LogP contribution < -0.4 is 4.74 Å². The van der Waals surface area contributed by atoms with Crippen LogP contribution in [0.2, 0.25) is 0 Å². The zero-order valence-corrected chi connectivity index (χ0v) is 12.5. The molecule has 0 aliphatic carbocycles. The number of ether oxygens (including phenoxy) is 1. The highest BCUT2D eigenvalue weighted by Crippen LogP contribution is 2.25. The van der Waals surface area contributed by atoms with Crippen LogP contribution >= 0.6 is 0 Å². The molecule has 0 radical (unpaired) electrons. The van der Waals surface area contributed by atoms with Gasteiger partial charge in [-0.1, -0.05) is 30.3 Å². The van der Waals surface area contributed by atoms with Gasteiger partial charge >= 0.3 is 5.97 Å².